The Bertz CT molecular complexity index is 437. The van der Waals surface area contributed by atoms with E-state index in [4.69, 9.17) is 15.6 Å². The van der Waals surface area contributed by atoms with E-state index in [9.17, 15) is 4.79 Å². The van der Waals surface area contributed by atoms with Crippen LogP contribution >= 0.6 is 0 Å². The number of likely N-dealkylation sites (N-methyl/N-ethyl adjacent to an activating group) is 1. The van der Waals surface area contributed by atoms with Crippen LogP contribution in [0.1, 0.15) is 16.7 Å². The quantitative estimate of drug-likeness (QED) is 0.818. The Morgan fingerprint density at radius 1 is 1.42 bits per heavy atom. The van der Waals surface area contributed by atoms with Crippen LogP contribution in [0.15, 0.2) is 12.1 Å². The molecule has 3 N–H and O–H groups in total. The zero-order valence-electron chi connectivity index (χ0n) is 11.9. The predicted octanol–water partition coefficient (Wildman–Crippen LogP) is 0.590. The Labute approximate surface area is 114 Å². The second-order valence-electron chi connectivity index (χ2n) is 4.75. The minimum absolute atomic E-state index is 0.270. The van der Waals surface area contributed by atoms with Crippen molar-refractivity contribution in [2.75, 3.05) is 20.8 Å². The number of hydrogen-bond donors (Lipinski definition) is 2. The molecule has 0 saturated heterocycles. The van der Waals surface area contributed by atoms with E-state index in [1.165, 1.54) is 4.90 Å². The summed E-state index contributed by atoms with van der Waals surface area (Å²) in [6, 6.07) is 3.12. The number of carbonyl (C=O) groups excluding carboxylic acids is 1. The van der Waals surface area contributed by atoms with Crippen LogP contribution in [0.5, 0.6) is 5.75 Å². The summed E-state index contributed by atoms with van der Waals surface area (Å²) >= 11 is 0. The van der Waals surface area contributed by atoms with Crippen LogP contribution in [0.25, 0.3) is 0 Å². The Hall–Kier alpha value is -1.59. The maximum atomic E-state index is 11.8. The lowest BCUT2D eigenvalue weighted by Gasteiger charge is -2.21. The van der Waals surface area contributed by atoms with Gasteiger partial charge in [-0.15, -0.1) is 0 Å². The Kier molecular flexibility index (Phi) is 5.32. The molecule has 0 aromatic heterocycles. The Morgan fingerprint density at radius 3 is 2.37 bits per heavy atom. The van der Waals surface area contributed by atoms with E-state index in [1.54, 1.807) is 14.2 Å². The lowest BCUT2D eigenvalue weighted by molar-refractivity contribution is -0.132. The molecule has 1 aromatic carbocycles. The van der Waals surface area contributed by atoms with Gasteiger partial charge in [0.1, 0.15) is 11.8 Å². The second kappa shape index (κ2) is 6.54. The number of carbonyl (C=O) groups is 1. The number of hydrogen-bond acceptors (Lipinski definition) is 4. The highest BCUT2D eigenvalue weighted by Gasteiger charge is 2.17. The van der Waals surface area contributed by atoms with Gasteiger partial charge in [-0.05, 0) is 30.5 Å². The van der Waals surface area contributed by atoms with Crippen LogP contribution in [0.2, 0.25) is 0 Å². The SMILES string of the molecule is COc1c(C)cc(CN(C)C(=O)C(N)CO)cc1C. The highest BCUT2D eigenvalue weighted by molar-refractivity contribution is 5.81. The number of aliphatic hydroxyl groups excluding tert-OH is 1. The summed E-state index contributed by atoms with van der Waals surface area (Å²) in [7, 11) is 3.32. The van der Waals surface area contributed by atoms with E-state index in [-0.39, 0.29) is 12.5 Å². The van der Waals surface area contributed by atoms with Crippen molar-refractivity contribution in [1.82, 2.24) is 4.90 Å². The van der Waals surface area contributed by atoms with Gasteiger partial charge in [-0.2, -0.15) is 0 Å². The number of methoxy groups -OCH3 is 1. The highest BCUT2D eigenvalue weighted by atomic mass is 16.5. The topological polar surface area (TPSA) is 75.8 Å². The minimum Gasteiger partial charge on any atom is -0.496 e. The fourth-order valence-electron chi connectivity index (χ4n) is 2.17. The summed E-state index contributed by atoms with van der Waals surface area (Å²) in [5.41, 5.74) is 8.59. The third-order valence-electron chi connectivity index (χ3n) is 3.03. The fraction of sp³-hybridized carbons (Fsp3) is 0.500. The smallest absolute Gasteiger partial charge is 0.241 e. The van der Waals surface area contributed by atoms with E-state index in [2.05, 4.69) is 0 Å². The van der Waals surface area contributed by atoms with Gasteiger partial charge in [0.05, 0.1) is 13.7 Å². The molecule has 5 heteroatoms. The Balaban J connectivity index is 2.86. The highest BCUT2D eigenvalue weighted by Crippen LogP contribution is 2.24. The summed E-state index contributed by atoms with van der Waals surface area (Å²) in [5, 5.41) is 8.89. The Morgan fingerprint density at radius 2 is 1.95 bits per heavy atom. The molecule has 19 heavy (non-hydrogen) atoms. The van der Waals surface area contributed by atoms with E-state index in [0.29, 0.717) is 6.54 Å². The number of aliphatic hydroxyl groups is 1. The first-order valence-corrected chi connectivity index (χ1v) is 6.16. The third-order valence-corrected chi connectivity index (χ3v) is 3.03. The minimum atomic E-state index is -0.856. The molecule has 0 heterocycles. The molecule has 1 atom stereocenters. The second-order valence-corrected chi connectivity index (χ2v) is 4.75. The molecule has 0 fully saturated rings. The lowest BCUT2D eigenvalue weighted by Crippen LogP contribution is -2.43. The van der Waals surface area contributed by atoms with Crippen LogP contribution in [0, 0.1) is 13.8 Å². The number of rotatable bonds is 5. The summed E-state index contributed by atoms with van der Waals surface area (Å²) in [4.78, 5) is 13.3. The summed E-state index contributed by atoms with van der Waals surface area (Å²) in [6.45, 7) is 4.05. The molecule has 0 aliphatic heterocycles. The maximum absolute atomic E-state index is 11.8. The number of ether oxygens (including phenoxy) is 1. The van der Waals surface area contributed by atoms with Crippen LogP contribution < -0.4 is 10.5 Å². The molecule has 0 radical (unpaired) electrons. The van der Waals surface area contributed by atoms with Gasteiger partial charge >= 0.3 is 0 Å². The molecule has 1 unspecified atom stereocenters. The molecular formula is C14H22N2O3. The monoisotopic (exact) mass is 266 g/mol. The molecule has 5 nitrogen and oxygen atoms in total. The molecule has 106 valence electrons. The van der Waals surface area contributed by atoms with Crippen molar-refractivity contribution in [1.29, 1.82) is 0 Å². The standard InChI is InChI=1S/C14H22N2O3/c1-9-5-11(6-10(2)13(9)19-4)7-16(3)14(18)12(15)8-17/h5-6,12,17H,7-8,15H2,1-4H3. The molecule has 0 bridgehead atoms. The van der Waals surface area contributed by atoms with Crippen molar-refractivity contribution in [3.05, 3.63) is 28.8 Å². The number of nitrogens with two attached hydrogens (primary N) is 1. The fourth-order valence-corrected chi connectivity index (χ4v) is 2.17. The van der Waals surface area contributed by atoms with Gasteiger partial charge in [0.25, 0.3) is 0 Å². The summed E-state index contributed by atoms with van der Waals surface area (Å²) in [5.74, 6) is 0.596. The maximum Gasteiger partial charge on any atom is 0.241 e. The molecule has 1 amide bonds. The van der Waals surface area contributed by atoms with E-state index < -0.39 is 6.04 Å². The number of benzene rings is 1. The zero-order chi connectivity index (χ0) is 14.6. The number of amides is 1. The van der Waals surface area contributed by atoms with Gasteiger partial charge in [-0.3, -0.25) is 4.79 Å². The first-order valence-electron chi connectivity index (χ1n) is 6.16. The van der Waals surface area contributed by atoms with Crippen LogP contribution in [-0.4, -0.2) is 42.7 Å². The van der Waals surface area contributed by atoms with Gasteiger partial charge in [0, 0.05) is 13.6 Å². The van der Waals surface area contributed by atoms with E-state index >= 15 is 0 Å². The predicted molar refractivity (Wildman–Crippen MR) is 74.0 cm³/mol. The van der Waals surface area contributed by atoms with Crippen LogP contribution in [-0.2, 0) is 11.3 Å². The largest absolute Gasteiger partial charge is 0.496 e. The van der Waals surface area contributed by atoms with Crippen LogP contribution in [0.4, 0.5) is 0 Å². The average Bonchev–Trinajstić information content (AvgIpc) is 2.36. The normalized spacial score (nSPS) is 12.1. The average molecular weight is 266 g/mol. The first-order chi connectivity index (χ1) is 8.90. The number of aryl methyl sites for hydroxylation is 2. The van der Waals surface area contributed by atoms with Crippen molar-refractivity contribution in [3.63, 3.8) is 0 Å². The van der Waals surface area contributed by atoms with Gasteiger partial charge in [-0.1, -0.05) is 12.1 Å². The summed E-state index contributed by atoms with van der Waals surface area (Å²) in [6.07, 6.45) is 0. The molecule has 0 aliphatic rings. The lowest BCUT2D eigenvalue weighted by atomic mass is 10.1. The molecule has 0 aliphatic carbocycles. The van der Waals surface area contributed by atoms with E-state index in [1.807, 2.05) is 26.0 Å². The van der Waals surface area contributed by atoms with E-state index in [0.717, 1.165) is 22.4 Å². The molecular weight excluding hydrogens is 244 g/mol. The van der Waals surface area contributed by atoms with Gasteiger partial charge in [0.2, 0.25) is 5.91 Å². The molecule has 0 spiro atoms. The van der Waals surface area contributed by atoms with Gasteiger partial charge in [-0.25, -0.2) is 0 Å². The van der Waals surface area contributed by atoms with Gasteiger partial charge < -0.3 is 20.5 Å². The number of nitrogens with zero attached hydrogens (tertiary/aromatic N) is 1. The van der Waals surface area contributed by atoms with Crippen molar-refractivity contribution in [2.45, 2.75) is 26.4 Å². The van der Waals surface area contributed by atoms with Crippen LogP contribution in [0.3, 0.4) is 0 Å². The van der Waals surface area contributed by atoms with Crippen molar-refractivity contribution in [3.8, 4) is 5.75 Å². The van der Waals surface area contributed by atoms with Gasteiger partial charge in [0.15, 0.2) is 0 Å². The molecule has 0 saturated carbocycles. The van der Waals surface area contributed by atoms with Crippen molar-refractivity contribution < 1.29 is 14.6 Å². The summed E-state index contributed by atoms with van der Waals surface area (Å²) < 4.78 is 5.31. The van der Waals surface area contributed by atoms with Crippen molar-refractivity contribution in [2.24, 2.45) is 5.73 Å². The first kappa shape index (κ1) is 15.5. The molecule has 1 rings (SSSR count). The van der Waals surface area contributed by atoms with Crippen molar-refractivity contribution >= 4 is 5.91 Å². The molecule has 1 aromatic rings. The third kappa shape index (κ3) is 3.68. The zero-order valence-corrected chi connectivity index (χ0v) is 11.9.